The molecule has 0 amide bonds. The van der Waals surface area contributed by atoms with E-state index in [2.05, 4.69) is 0 Å². The van der Waals surface area contributed by atoms with Crippen molar-refractivity contribution in [2.24, 2.45) is 0 Å². The van der Waals surface area contributed by atoms with Crippen molar-refractivity contribution in [1.29, 1.82) is 0 Å². The Hall–Kier alpha value is -1.33. The molecule has 1 fully saturated rings. The molecule has 1 aliphatic rings. The molecule has 1 saturated heterocycles. The van der Waals surface area contributed by atoms with E-state index in [9.17, 15) is 13.6 Å². The second kappa shape index (κ2) is 5.75. The normalized spacial score (nSPS) is 20.5. The zero-order chi connectivity index (χ0) is 14.0. The molecular weight excluding hydrogens is 252 g/mol. The Balaban J connectivity index is 2.27. The molecule has 104 valence electrons. The molecule has 0 bridgehead atoms. The maximum atomic E-state index is 13.9. The summed E-state index contributed by atoms with van der Waals surface area (Å²) in [6, 6.07) is 2.44. The van der Waals surface area contributed by atoms with Crippen LogP contribution in [0.1, 0.15) is 22.8 Å². The number of morpholine rings is 1. The summed E-state index contributed by atoms with van der Waals surface area (Å²) >= 11 is 0. The lowest BCUT2D eigenvalue weighted by Gasteiger charge is -2.31. The lowest BCUT2D eigenvalue weighted by molar-refractivity contribution is -0.0152. The number of Topliss-reactive ketones (excluding diaryl/α,β-unsaturated/α-hetero) is 1. The molecule has 0 aliphatic carbocycles. The first-order chi connectivity index (χ1) is 9.04. The van der Waals surface area contributed by atoms with E-state index < -0.39 is 29.1 Å². The fourth-order valence-corrected chi connectivity index (χ4v) is 2.19. The van der Waals surface area contributed by atoms with Gasteiger partial charge < -0.3 is 4.74 Å². The Labute approximate surface area is 111 Å². The Kier molecular flexibility index (Phi) is 4.27. The van der Waals surface area contributed by atoms with Crippen molar-refractivity contribution in [3.05, 3.63) is 34.9 Å². The summed E-state index contributed by atoms with van der Waals surface area (Å²) in [5.74, 6) is -2.23. The number of benzene rings is 1. The zero-order valence-electron chi connectivity index (χ0n) is 11.1. The molecule has 1 atom stereocenters. The van der Waals surface area contributed by atoms with Crippen molar-refractivity contribution < 1.29 is 18.3 Å². The van der Waals surface area contributed by atoms with Crippen molar-refractivity contribution in [3.8, 4) is 0 Å². The monoisotopic (exact) mass is 269 g/mol. The molecule has 0 radical (unpaired) electrons. The number of likely N-dealkylation sites (N-methyl/N-ethyl adjacent to an activating group) is 1. The highest BCUT2D eigenvalue weighted by Gasteiger charge is 2.31. The average Bonchev–Trinajstić information content (AvgIpc) is 2.43. The molecule has 1 aliphatic heterocycles. The van der Waals surface area contributed by atoms with Crippen LogP contribution in [0.4, 0.5) is 8.78 Å². The van der Waals surface area contributed by atoms with E-state index in [4.69, 9.17) is 4.74 Å². The van der Waals surface area contributed by atoms with Gasteiger partial charge in [-0.15, -0.1) is 0 Å². The van der Waals surface area contributed by atoms with Gasteiger partial charge in [-0.3, -0.25) is 9.69 Å². The quantitative estimate of drug-likeness (QED) is 0.788. The zero-order valence-corrected chi connectivity index (χ0v) is 11.1. The SMILES string of the molecule is CCN1CCOC(C(=O)c2c(F)ccc(C)c2F)C1. The molecule has 1 aromatic carbocycles. The van der Waals surface area contributed by atoms with Crippen LogP contribution in [0.25, 0.3) is 0 Å². The number of hydrogen-bond donors (Lipinski definition) is 0. The Morgan fingerprint density at radius 3 is 2.89 bits per heavy atom. The summed E-state index contributed by atoms with van der Waals surface area (Å²) in [6.07, 6.45) is -0.792. The minimum absolute atomic E-state index is 0.257. The minimum Gasteiger partial charge on any atom is -0.367 e. The van der Waals surface area contributed by atoms with Crippen molar-refractivity contribution in [2.75, 3.05) is 26.2 Å². The van der Waals surface area contributed by atoms with Gasteiger partial charge in [0.1, 0.15) is 17.7 Å². The van der Waals surface area contributed by atoms with Gasteiger partial charge in [0.05, 0.1) is 12.2 Å². The second-order valence-electron chi connectivity index (χ2n) is 4.67. The van der Waals surface area contributed by atoms with Gasteiger partial charge in [-0.25, -0.2) is 8.78 Å². The first-order valence-electron chi connectivity index (χ1n) is 6.37. The second-order valence-corrected chi connectivity index (χ2v) is 4.67. The Bertz CT molecular complexity index is 491. The number of rotatable bonds is 3. The van der Waals surface area contributed by atoms with Crippen LogP contribution >= 0.6 is 0 Å². The highest BCUT2D eigenvalue weighted by Crippen LogP contribution is 2.20. The molecule has 1 aromatic rings. The molecule has 0 saturated carbocycles. The molecule has 0 aromatic heterocycles. The molecule has 3 nitrogen and oxygen atoms in total. The molecule has 0 spiro atoms. The highest BCUT2D eigenvalue weighted by molar-refractivity contribution is 6.00. The van der Waals surface area contributed by atoms with E-state index >= 15 is 0 Å². The van der Waals surface area contributed by atoms with Crippen molar-refractivity contribution in [1.82, 2.24) is 4.90 Å². The largest absolute Gasteiger partial charge is 0.367 e. The van der Waals surface area contributed by atoms with Crippen LogP contribution in [-0.4, -0.2) is 43.0 Å². The Morgan fingerprint density at radius 2 is 2.21 bits per heavy atom. The number of nitrogens with zero attached hydrogens (tertiary/aromatic N) is 1. The van der Waals surface area contributed by atoms with Crippen molar-refractivity contribution in [3.63, 3.8) is 0 Å². The van der Waals surface area contributed by atoms with Gasteiger partial charge in [0, 0.05) is 13.1 Å². The standard InChI is InChI=1S/C14H17F2NO2/c1-3-17-6-7-19-11(8-17)14(18)12-10(15)5-4-9(2)13(12)16/h4-5,11H,3,6-8H2,1-2H3. The smallest absolute Gasteiger partial charge is 0.198 e. The average molecular weight is 269 g/mol. The lowest BCUT2D eigenvalue weighted by Crippen LogP contribution is -2.46. The van der Waals surface area contributed by atoms with Gasteiger partial charge >= 0.3 is 0 Å². The summed E-state index contributed by atoms with van der Waals surface area (Å²) in [5, 5.41) is 0. The number of ketones is 1. The van der Waals surface area contributed by atoms with E-state index in [0.717, 1.165) is 19.2 Å². The van der Waals surface area contributed by atoms with Crippen LogP contribution in [0, 0.1) is 18.6 Å². The third kappa shape index (κ3) is 2.82. The fraction of sp³-hybridized carbons (Fsp3) is 0.500. The summed E-state index contributed by atoms with van der Waals surface area (Å²) < 4.78 is 33.0. The first-order valence-corrected chi connectivity index (χ1v) is 6.37. The van der Waals surface area contributed by atoms with Gasteiger partial charge in [0.25, 0.3) is 0 Å². The third-order valence-electron chi connectivity index (χ3n) is 3.42. The Morgan fingerprint density at radius 1 is 1.47 bits per heavy atom. The maximum absolute atomic E-state index is 13.9. The number of halogens is 2. The van der Waals surface area contributed by atoms with Crippen LogP contribution in [-0.2, 0) is 4.74 Å². The number of carbonyl (C=O) groups excluding carboxylic acids is 1. The van der Waals surface area contributed by atoms with Crippen LogP contribution in [0.3, 0.4) is 0 Å². The third-order valence-corrected chi connectivity index (χ3v) is 3.42. The van der Waals surface area contributed by atoms with E-state index in [1.165, 1.54) is 13.0 Å². The van der Waals surface area contributed by atoms with Gasteiger partial charge in [-0.05, 0) is 25.1 Å². The van der Waals surface area contributed by atoms with Crippen LogP contribution in [0.2, 0.25) is 0 Å². The number of hydrogen-bond acceptors (Lipinski definition) is 3. The van der Waals surface area contributed by atoms with Crippen LogP contribution in [0.15, 0.2) is 12.1 Å². The first kappa shape index (κ1) is 14.1. The number of ether oxygens (including phenoxy) is 1. The van der Waals surface area contributed by atoms with Gasteiger partial charge in [0.15, 0.2) is 5.78 Å². The molecular formula is C14H17F2NO2. The number of aryl methyl sites for hydroxylation is 1. The summed E-state index contributed by atoms with van der Waals surface area (Å²) in [7, 11) is 0. The van der Waals surface area contributed by atoms with Crippen molar-refractivity contribution in [2.45, 2.75) is 20.0 Å². The fourth-order valence-electron chi connectivity index (χ4n) is 2.19. The van der Waals surface area contributed by atoms with Gasteiger partial charge in [-0.1, -0.05) is 13.0 Å². The molecule has 0 N–H and O–H groups in total. The van der Waals surface area contributed by atoms with Gasteiger partial charge in [-0.2, -0.15) is 0 Å². The van der Waals surface area contributed by atoms with E-state index in [-0.39, 0.29) is 5.56 Å². The van der Waals surface area contributed by atoms with Crippen LogP contribution in [0.5, 0.6) is 0 Å². The number of carbonyl (C=O) groups is 1. The highest BCUT2D eigenvalue weighted by atomic mass is 19.1. The van der Waals surface area contributed by atoms with Crippen LogP contribution < -0.4 is 0 Å². The predicted molar refractivity (Wildman–Crippen MR) is 67.3 cm³/mol. The summed E-state index contributed by atoms with van der Waals surface area (Å²) in [6.45, 7) is 5.78. The molecule has 19 heavy (non-hydrogen) atoms. The van der Waals surface area contributed by atoms with E-state index in [1.54, 1.807) is 0 Å². The summed E-state index contributed by atoms with van der Waals surface area (Å²) in [4.78, 5) is 14.2. The topological polar surface area (TPSA) is 29.5 Å². The summed E-state index contributed by atoms with van der Waals surface area (Å²) in [5.41, 5.74) is -0.226. The predicted octanol–water partition coefficient (Wildman–Crippen LogP) is 2.18. The lowest BCUT2D eigenvalue weighted by atomic mass is 10.0. The molecule has 1 unspecified atom stereocenters. The van der Waals surface area contributed by atoms with Crippen molar-refractivity contribution >= 4 is 5.78 Å². The van der Waals surface area contributed by atoms with E-state index in [0.29, 0.717) is 13.2 Å². The minimum atomic E-state index is -0.828. The molecule has 2 rings (SSSR count). The maximum Gasteiger partial charge on any atom is 0.198 e. The molecule has 1 heterocycles. The molecule has 5 heteroatoms. The van der Waals surface area contributed by atoms with Gasteiger partial charge in [0.2, 0.25) is 0 Å². The van der Waals surface area contributed by atoms with E-state index in [1.807, 2.05) is 11.8 Å².